The van der Waals surface area contributed by atoms with Crippen molar-refractivity contribution in [2.45, 2.75) is 45.2 Å². The minimum Gasteiger partial charge on any atom is -0.365 e. The van der Waals surface area contributed by atoms with Gasteiger partial charge in [0.15, 0.2) is 0 Å². The zero-order valence-electron chi connectivity index (χ0n) is 13.1. The van der Waals surface area contributed by atoms with Crippen LogP contribution in [-0.4, -0.2) is 32.6 Å². The summed E-state index contributed by atoms with van der Waals surface area (Å²) in [5.74, 6) is -0.238. The van der Waals surface area contributed by atoms with Crippen LogP contribution in [0.3, 0.4) is 0 Å². The number of nitrogens with zero attached hydrogens (tertiary/aromatic N) is 2. The molecule has 122 valence electrons. The Labute approximate surface area is 134 Å². The van der Waals surface area contributed by atoms with Gasteiger partial charge in [0.05, 0.1) is 17.4 Å². The second-order valence-electron chi connectivity index (χ2n) is 5.95. The summed E-state index contributed by atoms with van der Waals surface area (Å²) >= 11 is 0. The second kappa shape index (κ2) is 6.68. The topological polar surface area (TPSA) is 91.8 Å². The van der Waals surface area contributed by atoms with E-state index in [9.17, 15) is 9.59 Å². The number of H-pyrrole nitrogens is 1. The molecule has 0 atom stereocenters. The number of carbonyl (C=O) groups is 2. The van der Waals surface area contributed by atoms with Crippen LogP contribution in [0, 0.1) is 6.92 Å². The summed E-state index contributed by atoms with van der Waals surface area (Å²) < 4.78 is 1.53. The molecule has 23 heavy (non-hydrogen) atoms. The van der Waals surface area contributed by atoms with Gasteiger partial charge >= 0.3 is 0 Å². The van der Waals surface area contributed by atoms with E-state index in [2.05, 4.69) is 20.7 Å². The summed E-state index contributed by atoms with van der Waals surface area (Å²) in [6.45, 7) is 2.00. The lowest BCUT2D eigenvalue weighted by Crippen LogP contribution is -2.35. The molecule has 2 heterocycles. The van der Waals surface area contributed by atoms with Crippen molar-refractivity contribution in [3.05, 3.63) is 35.9 Å². The predicted molar refractivity (Wildman–Crippen MR) is 86.1 cm³/mol. The van der Waals surface area contributed by atoms with Gasteiger partial charge in [-0.1, -0.05) is 12.8 Å². The second-order valence-corrected chi connectivity index (χ2v) is 5.95. The minimum atomic E-state index is -0.196. The van der Waals surface area contributed by atoms with Gasteiger partial charge in [-0.25, -0.2) is 0 Å². The third-order valence-corrected chi connectivity index (χ3v) is 4.12. The molecule has 1 aliphatic rings. The van der Waals surface area contributed by atoms with Gasteiger partial charge in [0.1, 0.15) is 6.54 Å². The molecule has 7 heteroatoms. The molecule has 7 nitrogen and oxygen atoms in total. The minimum absolute atomic E-state index is 0.0423. The molecule has 2 aromatic heterocycles. The lowest BCUT2D eigenvalue weighted by atomic mass is 10.2. The highest BCUT2D eigenvalue weighted by Gasteiger charge is 2.17. The zero-order chi connectivity index (χ0) is 16.2. The molecule has 3 rings (SSSR count). The van der Waals surface area contributed by atoms with Crippen LogP contribution < -0.4 is 10.6 Å². The Hall–Kier alpha value is -2.57. The molecule has 0 unspecified atom stereocenters. The normalized spacial score (nSPS) is 14.8. The number of carbonyl (C=O) groups excluding carboxylic acids is 2. The van der Waals surface area contributed by atoms with Crippen LogP contribution in [-0.2, 0) is 11.3 Å². The van der Waals surface area contributed by atoms with Crippen LogP contribution in [0.1, 0.15) is 41.7 Å². The van der Waals surface area contributed by atoms with Crippen molar-refractivity contribution in [1.29, 1.82) is 0 Å². The van der Waals surface area contributed by atoms with Gasteiger partial charge in [0.2, 0.25) is 5.91 Å². The number of anilines is 1. The molecular formula is C16H21N5O2. The molecule has 0 bridgehead atoms. The van der Waals surface area contributed by atoms with Crippen molar-refractivity contribution >= 4 is 17.5 Å². The van der Waals surface area contributed by atoms with Gasteiger partial charge in [0, 0.05) is 24.1 Å². The molecule has 2 aromatic rings. The lowest BCUT2D eigenvalue weighted by molar-refractivity contribution is -0.122. The van der Waals surface area contributed by atoms with E-state index in [1.807, 2.05) is 6.92 Å². The monoisotopic (exact) mass is 315 g/mol. The first-order valence-corrected chi connectivity index (χ1v) is 7.89. The number of aromatic nitrogens is 3. The average Bonchev–Trinajstić information content (AvgIpc) is 3.22. The Morgan fingerprint density at radius 2 is 2.17 bits per heavy atom. The first kappa shape index (κ1) is 15.3. The Kier molecular flexibility index (Phi) is 4.45. The quantitative estimate of drug-likeness (QED) is 0.786. The Bertz CT molecular complexity index is 697. The van der Waals surface area contributed by atoms with Crippen LogP contribution in [0.15, 0.2) is 24.7 Å². The first-order chi connectivity index (χ1) is 11.1. The predicted octanol–water partition coefficient (Wildman–Crippen LogP) is 1.83. The lowest BCUT2D eigenvalue weighted by Gasteiger charge is -2.11. The number of rotatable bonds is 5. The molecule has 0 aromatic carbocycles. The van der Waals surface area contributed by atoms with Crippen LogP contribution in [0.2, 0.25) is 0 Å². The van der Waals surface area contributed by atoms with E-state index >= 15 is 0 Å². The van der Waals surface area contributed by atoms with Gasteiger partial charge < -0.3 is 15.6 Å². The first-order valence-electron chi connectivity index (χ1n) is 7.89. The van der Waals surface area contributed by atoms with Gasteiger partial charge in [-0.15, -0.1) is 0 Å². The summed E-state index contributed by atoms with van der Waals surface area (Å²) in [4.78, 5) is 27.0. The Morgan fingerprint density at radius 3 is 2.87 bits per heavy atom. The molecule has 0 spiro atoms. The fraction of sp³-hybridized carbons (Fsp3) is 0.438. The number of aromatic amines is 1. The van der Waals surface area contributed by atoms with Crippen molar-refractivity contribution in [3.8, 4) is 0 Å². The number of hydrogen-bond donors (Lipinski definition) is 3. The number of nitrogens with one attached hydrogen (secondary N) is 3. The van der Waals surface area contributed by atoms with Gasteiger partial charge in [-0.2, -0.15) is 5.10 Å². The van der Waals surface area contributed by atoms with E-state index in [1.54, 1.807) is 24.7 Å². The Morgan fingerprint density at radius 1 is 1.39 bits per heavy atom. The van der Waals surface area contributed by atoms with Crippen molar-refractivity contribution in [2.75, 3.05) is 5.32 Å². The molecule has 1 saturated carbocycles. The van der Waals surface area contributed by atoms with Crippen LogP contribution >= 0.6 is 0 Å². The van der Waals surface area contributed by atoms with Gasteiger partial charge in [-0.3, -0.25) is 14.3 Å². The van der Waals surface area contributed by atoms with Crippen LogP contribution in [0.5, 0.6) is 0 Å². The SMILES string of the molecule is Cc1[nH]ccc1C(=O)Nc1cnn(CC(=O)NC2CCCC2)c1. The smallest absolute Gasteiger partial charge is 0.257 e. The van der Waals surface area contributed by atoms with E-state index < -0.39 is 0 Å². The highest BCUT2D eigenvalue weighted by atomic mass is 16.2. The summed E-state index contributed by atoms with van der Waals surface area (Å²) in [7, 11) is 0. The molecule has 0 saturated heterocycles. The summed E-state index contributed by atoms with van der Waals surface area (Å²) in [5.41, 5.74) is 1.98. The molecule has 2 amide bonds. The molecular weight excluding hydrogens is 294 g/mol. The van der Waals surface area contributed by atoms with Gasteiger partial charge in [-0.05, 0) is 25.8 Å². The standard InChI is InChI=1S/C16H21N5O2/c1-11-14(6-7-17-11)16(23)20-13-8-18-21(9-13)10-15(22)19-12-4-2-3-5-12/h6-9,12,17H,2-5,10H2,1H3,(H,19,22)(H,20,23). The molecule has 1 fully saturated rings. The van der Waals surface area contributed by atoms with E-state index in [4.69, 9.17) is 0 Å². The van der Waals surface area contributed by atoms with Crippen molar-refractivity contribution in [3.63, 3.8) is 0 Å². The van der Waals surface area contributed by atoms with Gasteiger partial charge in [0.25, 0.3) is 5.91 Å². The molecule has 1 aliphatic carbocycles. The van der Waals surface area contributed by atoms with E-state index in [-0.39, 0.29) is 18.4 Å². The van der Waals surface area contributed by atoms with E-state index in [1.165, 1.54) is 17.5 Å². The largest absolute Gasteiger partial charge is 0.365 e. The Balaban J connectivity index is 1.54. The summed E-state index contributed by atoms with van der Waals surface area (Å²) in [6.07, 6.45) is 9.41. The van der Waals surface area contributed by atoms with Crippen molar-refractivity contribution in [1.82, 2.24) is 20.1 Å². The number of hydrogen-bond acceptors (Lipinski definition) is 3. The van der Waals surface area contributed by atoms with E-state index in [0.717, 1.165) is 18.5 Å². The molecule has 0 radical (unpaired) electrons. The maximum atomic E-state index is 12.1. The highest BCUT2D eigenvalue weighted by Crippen LogP contribution is 2.17. The maximum absolute atomic E-state index is 12.1. The van der Waals surface area contributed by atoms with Crippen LogP contribution in [0.4, 0.5) is 5.69 Å². The summed E-state index contributed by atoms with van der Waals surface area (Å²) in [6, 6.07) is 2.03. The highest BCUT2D eigenvalue weighted by molar-refractivity contribution is 6.04. The maximum Gasteiger partial charge on any atom is 0.257 e. The summed E-state index contributed by atoms with van der Waals surface area (Å²) in [5, 5.41) is 9.91. The van der Waals surface area contributed by atoms with Crippen molar-refractivity contribution < 1.29 is 9.59 Å². The third-order valence-electron chi connectivity index (χ3n) is 4.12. The fourth-order valence-electron chi connectivity index (χ4n) is 2.90. The fourth-order valence-corrected chi connectivity index (χ4v) is 2.90. The third kappa shape index (κ3) is 3.80. The molecule has 3 N–H and O–H groups in total. The van der Waals surface area contributed by atoms with Crippen molar-refractivity contribution in [2.24, 2.45) is 0 Å². The molecule has 0 aliphatic heterocycles. The average molecular weight is 315 g/mol. The van der Waals surface area contributed by atoms with Crippen LogP contribution in [0.25, 0.3) is 0 Å². The van der Waals surface area contributed by atoms with E-state index in [0.29, 0.717) is 17.3 Å². The number of aryl methyl sites for hydroxylation is 1. The number of amides is 2. The zero-order valence-corrected chi connectivity index (χ0v) is 13.1.